The second kappa shape index (κ2) is 6.73. The maximum atomic E-state index is 4.47. The molecule has 0 atom stereocenters. The minimum atomic E-state index is 0.0462. The van der Waals surface area contributed by atoms with Crippen LogP contribution in [0.15, 0.2) is 30.5 Å². The molecule has 1 aromatic heterocycles. The molecule has 0 radical (unpaired) electrons. The van der Waals surface area contributed by atoms with Crippen molar-refractivity contribution < 1.29 is 0 Å². The second-order valence-electron chi connectivity index (χ2n) is 6.86. The smallest absolute Gasteiger partial charge is 0.249 e. The molecule has 0 saturated heterocycles. The molecule has 1 aromatic carbocycles. The fourth-order valence-electron chi connectivity index (χ4n) is 2.12. The number of rotatable bonds is 5. The first-order chi connectivity index (χ1) is 10.4. The number of hydrogen-bond donors (Lipinski definition) is 2. The van der Waals surface area contributed by atoms with Gasteiger partial charge in [-0.05, 0) is 23.0 Å². The van der Waals surface area contributed by atoms with Crippen molar-refractivity contribution >= 4 is 17.5 Å². The van der Waals surface area contributed by atoms with Gasteiger partial charge in [-0.3, -0.25) is 0 Å². The Morgan fingerprint density at radius 3 is 2.55 bits per heavy atom. The lowest BCUT2D eigenvalue weighted by Crippen LogP contribution is -2.15. The van der Waals surface area contributed by atoms with Gasteiger partial charge in [0, 0.05) is 12.2 Å². The van der Waals surface area contributed by atoms with Crippen LogP contribution in [-0.2, 0) is 5.41 Å². The standard InChI is InChI=1S/C17H25N5/c1-12(2)10-18-15-11-19-22-16(21-15)20-14-9-7-6-8-13(14)17(3,4)5/h6-9,11-12H,10H2,1-5H3,(H2,18,20,21,22). The molecule has 2 N–H and O–H groups in total. The Kier molecular flexibility index (Phi) is 4.96. The third-order valence-corrected chi connectivity index (χ3v) is 3.23. The zero-order valence-corrected chi connectivity index (χ0v) is 14.0. The van der Waals surface area contributed by atoms with Gasteiger partial charge >= 0.3 is 0 Å². The number of aromatic nitrogens is 3. The summed E-state index contributed by atoms with van der Waals surface area (Å²) in [5, 5.41) is 14.6. The van der Waals surface area contributed by atoms with Crippen LogP contribution >= 0.6 is 0 Å². The topological polar surface area (TPSA) is 62.7 Å². The van der Waals surface area contributed by atoms with E-state index in [2.05, 4.69) is 66.5 Å². The Morgan fingerprint density at radius 1 is 1.14 bits per heavy atom. The first-order valence-corrected chi connectivity index (χ1v) is 7.66. The van der Waals surface area contributed by atoms with E-state index in [1.165, 1.54) is 5.56 Å². The van der Waals surface area contributed by atoms with Gasteiger partial charge in [-0.1, -0.05) is 52.8 Å². The van der Waals surface area contributed by atoms with Gasteiger partial charge in [-0.2, -0.15) is 10.1 Å². The summed E-state index contributed by atoms with van der Waals surface area (Å²) >= 11 is 0. The van der Waals surface area contributed by atoms with Crippen LogP contribution in [0.4, 0.5) is 17.5 Å². The predicted octanol–water partition coefficient (Wildman–Crippen LogP) is 3.98. The summed E-state index contributed by atoms with van der Waals surface area (Å²) in [5.74, 6) is 1.79. The maximum Gasteiger partial charge on any atom is 0.249 e. The third-order valence-electron chi connectivity index (χ3n) is 3.23. The lowest BCUT2D eigenvalue weighted by atomic mass is 9.86. The molecule has 0 aliphatic carbocycles. The van der Waals surface area contributed by atoms with E-state index >= 15 is 0 Å². The largest absolute Gasteiger partial charge is 0.368 e. The fraction of sp³-hybridized carbons (Fsp3) is 0.471. The summed E-state index contributed by atoms with van der Waals surface area (Å²) in [7, 11) is 0. The fourth-order valence-corrected chi connectivity index (χ4v) is 2.12. The molecule has 0 spiro atoms. The Labute approximate surface area is 132 Å². The maximum absolute atomic E-state index is 4.47. The van der Waals surface area contributed by atoms with Gasteiger partial charge in [0.25, 0.3) is 0 Å². The zero-order valence-electron chi connectivity index (χ0n) is 14.0. The summed E-state index contributed by atoms with van der Waals surface area (Å²) in [5.41, 5.74) is 2.28. The lowest BCUT2D eigenvalue weighted by Gasteiger charge is -2.22. The highest BCUT2D eigenvalue weighted by Crippen LogP contribution is 2.30. The van der Waals surface area contributed by atoms with Crippen molar-refractivity contribution in [3.05, 3.63) is 36.0 Å². The Hall–Kier alpha value is -2.17. The van der Waals surface area contributed by atoms with Crippen molar-refractivity contribution in [2.24, 2.45) is 5.92 Å². The molecular weight excluding hydrogens is 274 g/mol. The van der Waals surface area contributed by atoms with Gasteiger partial charge in [0.15, 0.2) is 5.82 Å². The molecule has 0 amide bonds. The Morgan fingerprint density at radius 2 is 1.86 bits per heavy atom. The van der Waals surface area contributed by atoms with Crippen LogP contribution in [0.5, 0.6) is 0 Å². The van der Waals surface area contributed by atoms with Gasteiger partial charge in [-0.15, -0.1) is 5.10 Å². The molecule has 0 fully saturated rings. The van der Waals surface area contributed by atoms with Crippen LogP contribution in [0.3, 0.4) is 0 Å². The predicted molar refractivity (Wildman–Crippen MR) is 91.6 cm³/mol. The summed E-state index contributed by atoms with van der Waals surface area (Å²) in [6, 6.07) is 8.21. The molecular formula is C17H25N5. The van der Waals surface area contributed by atoms with Crippen LogP contribution in [0, 0.1) is 5.92 Å². The highest BCUT2D eigenvalue weighted by molar-refractivity contribution is 5.60. The molecule has 118 valence electrons. The van der Waals surface area contributed by atoms with E-state index in [1.54, 1.807) is 6.20 Å². The van der Waals surface area contributed by atoms with E-state index in [-0.39, 0.29) is 5.41 Å². The summed E-state index contributed by atoms with van der Waals surface area (Å²) in [4.78, 5) is 4.47. The Balaban J connectivity index is 2.19. The summed E-state index contributed by atoms with van der Waals surface area (Å²) in [6.07, 6.45) is 1.64. The van der Waals surface area contributed by atoms with Crippen molar-refractivity contribution in [2.75, 3.05) is 17.2 Å². The molecule has 0 aliphatic heterocycles. The van der Waals surface area contributed by atoms with Gasteiger partial charge in [0.05, 0.1) is 6.20 Å². The minimum absolute atomic E-state index is 0.0462. The molecule has 0 bridgehead atoms. The highest BCUT2D eigenvalue weighted by atomic mass is 15.3. The summed E-state index contributed by atoms with van der Waals surface area (Å²) < 4.78 is 0. The van der Waals surface area contributed by atoms with Crippen LogP contribution in [-0.4, -0.2) is 21.7 Å². The van der Waals surface area contributed by atoms with Crippen LogP contribution in [0.2, 0.25) is 0 Å². The van der Waals surface area contributed by atoms with E-state index < -0.39 is 0 Å². The molecule has 2 rings (SSSR count). The van der Waals surface area contributed by atoms with Gasteiger partial charge in [-0.25, -0.2) is 0 Å². The third kappa shape index (κ3) is 4.41. The quantitative estimate of drug-likeness (QED) is 0.874. The minimum Gasteiger partial charge on any atom is -0.368 e. The molecule has 1 heterocycles. The van der Waals surface area contributed by atoms with Crippen molar-refractivity contribution in [1.82, 2.24) is 15.2 Å². The number of nitrogens with zero attached hydrogens (tertiary/aromatic N) is 3. The average molecular weight is 299 g/mol. The highest BCUT2D eigenvalue weighted by Gasteiger charge is 2.18. The van der Waals surface area contributed by atoms with Crippen molar-refractivity contribution in [2.45, 2.75) is 40.0 Å². The van der Waals surface area contributed by atoms with Crippen LogP contribution < -0.4 is 10.6 Å². The van der Waals surface area contributed by atoms with E-state index in [0.29, 0.717) is 11.9 Å². The lowest BCUT2D eigenvalue weighted by molar-refractivity contribution is 0.592. The normalized spacial score (nSPS) is 11.5. The number of nitrogens with one attached hydrogen (secondary N) is 2. The molecule has 0 saturated carbocycles. The average Bonchev–Trinajstić information content (AvgIpc) is 2.45. The molecule has 0 aliphatic rings. The Bertz CT molecular complexity index is 616. The first-order valence-electron chi connectivity index (χ1n) is 7.66. The van der Waals surface area contributed by atoms with E-state index in [1.807, 2.05) is 18.2 Å². The number of anilines is 3. The monoisotopic (exact) mass is 299 g/mol. The van der Waals surface area contributed by atoms with Gasteiger partial charge in [0.2, 0.25) is 5.95 Å². The molecule has 5 heteroatoms. The first kappa shape index (κ1) is 16.2. The van der Waals surface area contributed by atoms with Crippen molar-refractivity contribution in [3.8, 4) is 0 Å². The number of benzene rings is 1. The van der Waals surface area contributed by atoms with Crippen LogP contribution in [0.25, 0.3) is 0 Å². The van der Waals surface area contributed by atoms with Crippen molar-refractivity contribution in [3.63, 3.8) is 0 Å². The van der Waals surface area contributed by atoms with E-state index in [4.69, 9.17) is 0 Å². The molecule has 2 aromatic rings. The van der Waals surface area contributed by atoms with E-state index in [9.17, 15) is 0 Å². The molecule has 22 heavy (non-hydrogen) atoms. The SMILES string of the molecule is CC(C)CNc1cnnc(Nc2ccccc2C(C)(C)C)n1. The van der Waals surface area contributed by atoms with Gasteiger partial charge < -0.3 is 10.6 Å². The number of hydrogen-bond acceptors (Lipinski definition) is 5. The van der Waals surface area contributed by atoms with Gasteiger partial charge in [0.1, 0.15) is 0 Å². The van der Waals surface area contributed by atoms with Crippen molar-refractivity contribution in [1.29, 1.82) is 0 Å². The number of para-hydroxylation sites is 1. The van der Waals surface area contributed by atoms with E-state index in [0.717, 1.165) is 18.1 Å². The molecule has 0 unspecified atom stereocenters. The van der Waals surface area contributed by atoms with Crippen LogP contribution in [0.1, 0.15) is 40.2 Å². The summed E-state index contributed by atoms with van der Waals surface area (Å²) in [6.45, 7) is 11.7. The molecule has 5 nitrogen and oxygen atoms in total. The second-order valence-corrected chi connectivity index (χ2v) is 6.86. The zero-order chi connectivity index (χ0) is 16.2.